The maximum atomic E-state index is 12.6. The van der Waals surface area contributed by atoms with Crippen molar-refractivity contribution in [1.82, 2.24) is 30.2 Å². The molecule has 300 valence electrons. The van der Waals surface area contributed by atoms with Crippen LogP contribution in [0.25, 0.3) is 11.2 Å². The molecule has 3 rings (SSSR count). The molecular formula is C25H42N7O17P3S. The number of imidazole rings is 1. The van der Waals surface area contributed by atoms with Crippen LogP contribution in [0.2, 0.25) is 0 Å². The average molecular weight is 838 g/mol. The standard InChI is InChI=1S/C25H42N7O17P3S/c1-4-5-16(34)53-9-8-27-15(33)6-7-28-23(37)20(36)25(2,3)11-46-52(43,44)49-51(41,42)45-10-14-19(48-50(38,39)40)18(35)24(47-14)32-13-31-17-21(26)29-12-30-22(17)32/h12-14,18-20,24,35-36H,4-11H2,1-3H3,(H,27,33)(H,28,37)(H,41,42)(H,43,44)(H2,26,29,30)(H2,38,39,40). The van der Waals surface area contributed by atoms with Crippen molar-refractivity contribution < 1.29 is 80.5 Å². The molecule has 2 aromatic heterocycles. The number of anilines is 1. The fourth-order valence-electron chi connectivity index (χ4n) is 4.57. The number of nitrogen functional groups attached to an aromatic ring is 1. The lowest BCUT2D eigenvalue weighted by Crippen LogP contribution is -2.46. The van der Waals surface area contributed by atoms with Crippen molar-refractivity contribution in [2.45, 2.75) is 70.7 Å². The normalized spacial score (nSPS) is 22.2. The van der Waals surface area contributed by atoms with E-state index >= 15 is 0 Å². The maximum Gasteiger partial charge on any atom is 0.481 e. The highest BCUT2D eigenvalue weighted by molar-refractivity contribution is 8.13. The number of aliphatic hydroxyl groups excluding tert-OH is 2. The van der Waals surface area contributed by atoms with Gasteiger partial charge in [0, 0.05) is 37.1 Å². The topological polar surface area (TPSA) is 364 Å². The Bertz CT molecular complexity index is 1750. The van der Waals surface area contributed by atoms with Crippen LogP contribution in [0, 0.1) is 5.41 Å². The largest absolute Gasteiger partial charge is 0.481 e. The molecule has 28 heteroatoms. The van der Waals surface area contributed by atoms with Crippen LogP contribution in [0.4, 0.5) is 5.82 Å². The van der Waals surface area contributed by atoms with E-state index in [2.05, 4.69) is 34.4 Å². The van der Waals surface area contributed by atoms with E-state index in [0.29, 0.717) is 12.2 Å². The third-order valence-electron chi connectivity index (χ3n) is 7.22. The zero-order valence-corrected chi connectivity index (χ0v) is 32.0. The number of nitrogens with one attached hydrogen (secondary N) is 2. The molecule has 0 bridgehead atoms. The smallest absolute Gasteiger partial charge is 0.386 e. The number of hydrogen-bond donors (Lipinski definition) is 9. The molecule has 24 nitrogen and oxygen atoms in total. The van der Waals surface area contributed by atoms with Crippen LogP contribution >= 0.6 is 35.2 Å². The minimum Gasteiger partial charge on any atom is -0.386 e. The van der Waals surface area contributed by atoms with Gasteiger partial charge in [0.1, 0.15) is 36.3 Å². The SMILES string of the molecule is CCCC(=O)SCCNC(=O)CCNC(=O)C(O)C(C)(C)COP(=O)(O)OP(=O)(O)OCC1OC(n2cnc3c(N)ncnc32)C(O)C1OP(=O)(O)O. The summed E-state index contributed by atoms with van der Waals surface area (Å²) in [6, 6.07) is 0. The van der Waals surface area contributed by atoms with Crippen LogP contribution in [-0.4, -0.2) is 123 Å². The first-order valence-electron chi connectivity index (χ1n) is 15.6. The van der Waals surface area contributed by atoms with Crippen molar-refractivity contribution in [2.75, 3.05) is 37.8 Å². The quantitative estimate of drug-likeness (QED) is 0.0563. The van der Waals surface area contributed by atoms with Gasteiger partial charge in [-0.25, -0.2) is 28.6 Å². The first-order chi connectivity index (χ1) is 24.6. The van der Waals surface area contributed by atoms with Crippen molar-refractivity contribution in [3.63, 3.8) is 0 Å². The van der Waals surface area contributed by atoms with Gasteiger partial charge in [-0.2, -0.15) is 4.31 Å². The predicted octanol–water partition coefficient (Wildman–Crippen LogP) is -0.535. The lowest BCUT2D eigenvalue weighted by atomic mass is 9.87. The van der Waals surface area contributed by atoms with Crippen molar-refractivity contribution in [1.29, 1.82) is 0 Å². The number of nitrogens with two attached hydrogens (primary N) is 1. The number of hydrogen-bond acceptors (Lipinski definition) is 18. The van der Waals surface area contributed by atoms with Crippen molar-refractivity contribution in [3.8, 4) is 0 Å². The van der Waals surface area contributed by atoms with Gasteiger partial charge in [0.05, 0.1) is 19.5 Å². The Balaban J connectivity index is 1.52. The number of phosphoric acid groups is 3. The molecule has 2 amide bonds. The summed E-state index contributed by atoms with van der Waals surface area (Å²) in [6.45, 7) is 2.41. The molecule has 7 atom stereocenters. The molecule has 0 aliphatic carbocycles. The van der Waals surface area contributed by atoms with E-state index in [1.807, 2.05) is 6.92 Å². The molecule has 0 radical (unpaired) electrons. The van der Waals surface area contributed by atoms with Crippen molar-refractivity contribution in [2.24, 2.45) is 5.41 Å². The Kier molecular flexibility index (Phi) is 16.1. The first-order valence-corrected chi connectivity index (χ1v) is 21.1. The number of aromatic nitrogens is 4. The summed E-state index contributed by atoms with van der Waals surface area (Å²) in [6.07, 6.45) is -5.73. The highest BCUT2D eigenvalue weighted by atomic mass is 32.2. The second-order valence-electron chi connectivity index (χ2n) is 12.0. The fraction of sp³-hybridized carbons (Fsp3) is 0.680. The molecule has 1 fully saturated rings. The van der Waals surface area contributed by atoms with E-state index in [9.17, 15) is 57.9 Å². The maximum absolute atomic E-state index is 12.6. The van der Waals surface area contributed by atoms with Gasteiger partial charge in [-0.1, -0.05) is 32.5 Å². The van der Waals surface area contributed by atoms with E-state index in [0.717, 1.165) is 35.4 Å². The summed E-state index contributed by atoms with van der Waals surface area (Å²) in [7, 11) is -16.4. The number of ether oxygens (including phenoxy) is 1. The highest BCUT2D eigenvalue weighted by Gasteiger charge is 2.50. The Morgan fingerprint density at radius 2 is 1.74 bits per heavy atom. The second-order valence-corrected chi connectivity index (χ2v) is 17.4. The van der Waals surface area contributed by atoms with Crippen LogP contribution in [0.1, 0.15) is 46.3 Å². The number of rotatable bonds is 21. The first kappa shape index (κ1) is 45.0. The molecule has 0 spiro atoms. The molecule has 0 aromatic carbocycles. The summed E-state index contributed by atoms with van der Waals surface area (Å²) in [5.74, 6) is -1.06. The van der Waals surface area contributed by atoms with Crippen molar-refractivity contribution in [3.05, 3.63) is 12.7 Å². The summed E-state index contributed by atoms with van der Waals surface area (Å²) in [5, 5.41) is 26.3. The molecule has 1 aliphatic rings. The van der Waals surface area contributed by atoms with Crippen LogP contribution in [0.15, 0.2) is 12.7 Å². The number of phosphoric ester groups is 3. The minimum atomic E-state index is -5.56. The van der Waals surface area contributed by atoms with Gasteiger partial charge in [0.25, 0.3) is 0 Å². The zero-order valence-electron chi connectivity index (χ0n) is 28.5. The number of thioether (sulfide) groups is 1. The molecule has 0 saturated carbocycles. The van der Waals surface area contributed by atoms with E-state index < -0.39 is 84.6 Å². The Hall–Kier alpha value is -2.44. The Labute approximate surface area is 306 Å². The molecule has 1 saturated heterocycles. The minimum absolute atomic E-state index is 0.0127. The molecular weight excluding hydrogens is 795 g/mol. The zero-order chi connectivity index (χ0) is 39.8. The number of nitrogens with zero attached hydrogens (tertiary/aromatic N) is 4. The van der Waals surface area contributed by atoms with E-state index in [4.69, 9.17) is 19.5 Å². The van der Waals surface area contributed by atoms with E-state index in [-0.39, 0.29) is 41.6 Å². The average Bonchev–Trinajstić information content (AvgIpc) is 3.61. The summed E-state index contributed by atoms with van der Waals surface area (Å²) in [5.41, 5.74) is 4.27. The summed E-state index contributed by atoms with van der Waals surface area (Å²) >= 11 is 1.09. The van der Waals surface area contributed by atoms with Crippen LogP contribution in [0.3, 0.4) is 0 Å². The molecule has 3 heterocycles. The van der Waals surface area contributed by atoms with Gasteiger partial charge < -0.3 is 50.9 Å². The van der Waals surface area contributed by atoms with Gasteiger partial charge >= 0.3 is 23.5 Å². The Morgan fingerprint density at radius 1 is 1.06 bits per heavy atom. The predicted molar refractivity (Wildman–Crippen MR) is 182 cm³/mol. The number of aliphatic hydroxyl groups is 2. The second kappa shape index (κ2) is 18.9. The van der Waals surface area contributed by atoms with Gasteiger partial charge in [0.15, 0.2) is 22.8 Å². The van der Waals surface area contributed by atoms with Gasteiger partial charge in [-0.3, -0.25) is 32.5 Å². The Morgan fingerprint density at radius 3 is 2.40 bits per heavy atom. The lowest BCUT2D eigenvalue weighted by molar-refractivity contribution is -0.137. The number of fused-ring (bicyclic) bond motifs is 1. The van der Waals surface area contributed by atoms with Crippen LogP contribution in [-0.2, 0) is 50.7 Å². The number of amides is 2. The fourth-order valence-corrected chi connectivity index (χ4v) is 8.18. The lowest BCUT2D eigenvalue weighted by Gasteiger charge is -2.30. The summed E-state index contributed by atoms with van der Waals surface area (Å²) < 4.78 is 61.9. The summed E-state index contributed by atoms with van der Waals surface area (Å²) in [4.78, 5) is 86.8. The van der Waals surface area contributed by atoms with Crippen LogP contribution < -0.4 is 16.4 Å². The number of carbonyl (C=O) groups is 3. The molecule has 53 heavy (non-hydrogen) atoms. The molecule has 10 N–H and O–H groups in total. The molecule has 7 unspecified atom stereocenters. The van der Waals surface area contributed by atoms with Gasteiger partial charge in [-0.15, -0.1) is 0 Å². The molecule has 2 aromatic rings. The van der Waals surface area contributed by atoms with Crippen molar-refractivity contribution >= 4 is 69.1 Å². The van der Waals surface area contributed by atoms with Gasteiger partial charge in [0.2, 0.25) is 11.8 Å². The van der Waals surface area contributed by atoms with E-state index in [1.165, 1.54) is 13.8 Å². The highest BCUT2D eigenvalue weighted by Crippen LogP contribution is 2.61. The van der Waals surface area contributed by atoms with Gasteiger partial charge in [-0.05, 0) is 6.42 Å². The third kappa shape index (κ3) is 13.7. The monoisotopic (exact) mass is 837 g/mol. The van der Waals surface area contributed by atoms with E-state index in [1.54, 1.807) is 0 Å². The molecule has 1 aliphatic heterocycles. The third-order valence-corrected chi connectivity index (χ3v) is 11.3. The number of carbonyl (C=O) groups excluding carboxylic acids is 3. The van der Waals surface area contributed by atoms with Crippen LogP contribution in [0.5, 0.6) is 0 Å².